The van der Waals surface area contributed by atoms with Gasteiger partial charge < -0.3 is 9.73 Å². The molecule has 3 heterocycles. The minimum absolute atomic E-state index is 0.163. The van der Waals surface area contributed by atoms with Crippen molar-refractivity contribution in [2.45, 2.75) is 17.5 Å². The first-order chi connectivity index (χ1) is 18.1. The van der Waals surface area contributed by atoms with E-state index in [0.29, 0.717) is 28.5 Å². The number of hydrogen-bond donors (Lipinski definition) is 1. The second-order valence-electron chi connectivity index (χ2n) is 8.26. The number of halogens is 4. The van der Waals surface area contributed by atoms with Crippen molar-refractivity contribution in [1.29, 1.82) is 0 Å². The van der Waals surface area contributed by atoms with Crippen molar-refractivity contribution in [2.75, 3.05) is 17.6 Å². The summed E-state index contributed by atoms with van der Waals surface area (Å²) in [6.45, 7) is 0.196. The average molecular weight is 546 g/mol. The molecule has 0 saturated heterocycles. The van der Waals surface area contributed by atoms with E-state index in [1.807, 2.05) is 0 Å². The lowest BCUT2D eigenvalue weighted by molar-refractivity contribution is -0.137. The Labute approximate surface area is 213 Å². The Morgan fingerprint density at radius 3 is 2.42 bits per heavy atom. The number of alkyl halides is 3. The van der Waals surface area contributed by atoms with Crippen LogP contribution < -0.4 is 5.32 Å². The van der Waals surface area contributed by atoms with Crippen molar-refractivity contribution in [2.24, 2.45) is 0 Å². The molecule has 3 aromatic heterocycles. The lowest BCUT2D eigenvalue weighted by Crippen LogP contribution is -2.13. The first kappa shape index (κ1) is 25.4. The van der Waals surface area contributed by atoms with Gasteiger partial charge in [0.15, 0.2) is 9.84 Å². The molecule has 8 nitrogen and oxygen atoms in total. The SMILES string of the molecule is O=S(=O)(CCCNc1nccc(-c2c(-c3ccc(F)cc3)nc3occn23)n1)c1ccc(C(F)(F)F)cc1. The van der Waals surface area contributed by atoms with Gasteiger partial charge in [-0.05, 0) is 61.0 Å². The first-order valence-corrected chi connectivity index (χ1v) is 13.0. The lowest BCUT2D eigenvalue weighted by atomic mass is 10.1. The van der Waals surface area contributed by atoms with Gasteiger partial charge in [0.1, 0.15) is 23.5 Å². The fourth-order valence-corrected chi connectivity index (χ4v) is 5.16. The topological polar surface area (TPSA) is 102 Å². The lowest BCUT2D eigenvalue weighted by Gasteiger charge is -2.09. The molecule has 0 spiro atoms. The summed E-state index contributed by atoms with van der Waals surface area (Å²) in [4.78, 5) is 13.0. The predicted molar refractivity (Wildman–Crippen MR) is 130 cm³/mol. The van der Waals surface area contributed by atoms with Gasteiger partial charge in [-0.3, -0.25) is 4.40 Å². The van der Waals surface area contributed by atoms with Crippen LogP contribution in [0.1, 0.15) is 12.0 Å². The molecule has 0 unspecified atom stereocenters. The Morgan fingerprint density at radius 2 is 1.71 bits per heavy atom. The zero-order valence-corrected chi connectivity index (χ0v) is 20.3. The summed E-state index contributed by atoms with van der Waals surface area (Å²) in [6.07, 6.45) is 0.290. The van der Waals surface area contributed by atoms with Crippen molar-refractivity contribution in [3.63, 3.8) is 0 Å². The number of sulfone groups is 1. The van der Waals surface area contributed by atoms with E-state index in [0.717, 1.165) is 24.3 Å². The summed E-state index contributed by atoms with van der Waals surface area (Å²) in [7, 11) is -3.77. The number of nitrogens with one attached hydrogen (secondary N) is 1. The Bertz CT molecular complexity index is 1680. The second-order valence-corrected chi connectivity index (χ2v) is 10.4. The van der Waals surface area contributed by atoms with E-state index in [2.05, 4.69) is 20.3 Å². The molecule has 13 heteroatoms. The standard InChI is InChI=1S/C25H19F4N5O3S/c26-18-6-2-16(3-7-18)21-22(34-13-14-37-24(34)33-21)20-10-12-31-23(32-20)30-11-1-15-38(35,36)19-8-4-17(5-9-19)25(27,28)29/h2-10,12-14H,1,11,15H2,(H,30,31,32). The maximum Gasteiger partial charge on any atom is 0.416 e. The number of anilines is 1. The molecule has 0 radical (unpaired) electrons. The van der Waals surface area contributed by atoms with E-state index < -0.39 is 21.6 Å². The third-order valence-corrected chi connectivity index (χ3v) is 7.51. The van der Waals surface area contributed by atoms with E-state index in [1.54, 1.807) is 28.8 Å². The van der Waals surface area contributed by atoms with Gasteiger partial charge in [0.2, 0.25) is 5.95 Å². The quantitative estimate of drug-likeness (QED) is 0.203. The Hall–Kier alpha value is -4.26. The molecule has 0 saturated carbocycles. The molecular weight excluding hydrogens is 526 g/mol. The molecule has 0 fully saturated rings. The Morgan fingerprint density at radius 1 is 0.974 bits per heavy atom. The van der Waals surface area contributed by atoms with Crippen LogP contribution in [-0.2, 0) is 16.0 Å². The summed E-state index contributed by atoms with van der Waals surface area (Å²) in [5, 5.41) is 2.97. The minimum atomic E-state index is -4.54. The molecular formula is C25H19F4N5O3S. The molecule has 0 aliphatic carbocycles. The van der Waals surface area contributed by atoms with Crippen LogP contribution >= 0.6 is 0 Å². The number of aromatic nitrogens is 4. The maximum atomic E-state index is 13.4. The zero-order chi connectivity index (χ0) is 26.9. The molecule has 0 atom stereocenters. The number of rotatable bonds is 8. The van der Waals surface area contributed by atoms with Gasteiger partial charge in [-0.15, -0.1) is 0 Å². The summed E-state index contributed by atoms with van der Waals surface area (Å²) in [6, 6.07) is 10.9. The van der Waals surface area contributed by atoms with Crippen LogP contribution in [0.25, 0.3) is 28.5 Å². The monoisotopic (exact) mass is 545 g/mol. The number of nitrogens with zero attached hydrogens (tertiary/aromatic N) is 4. The molecule has 196 valence electrons. The van der Waals surface area contributed by atoms with Crippen LogP contribution in [0.4, 0.5) is 23.5 Å². The van der Waals surface area contributed by atoms with Crippen LogP contribution in [0.3, 0.4) is 0 Å². The molecule has 2 aromatic carbocycles. The van der Waals surface area contributed by atoms with Gasteiger partial charge in [-0.1, -0.05) is 0 Å². The number of hydrogen-bond acceptors (Lipinski definition) is 7. The highest BCUT2D eigenvalue weighted by Gasteiger charge is 2.30. The average Bonchev–Trinajstić information content (AvgIpc) is 3.48. The van der Waals surface area contributed by atoms with E-state index in [9.17, 15) is 26.0 Å². The number of oxazole rings is 1. The van der Waals surface area contributed by atoms with Gasteiger partial charge in [0, 0.05) is 24.5 Å². The Balaban J connectivity index is 1.29. The number of benzene rings is 2. The van der Waals surface area contributed by atoms with E-state index in [1.165, 1.54) is 24.6 Å². The normalized spacial score (nSPS) is 12.2. The minimum Gasteiger partial charge on any atom is -0.432 e. The van der Waals surface area contributed by atoms with Crippen LogP contribution in [0, 0.1) is 5.82 Å². The highest BCUT2D eigenvalue weighted by atomic mass is 32.2. The van der Waals surface area contributed by atoms with Gasteiger partial charge >= 0.3 is 12.0 Å². The number of imidazole rings is 1. The smallest absolute Gasteiger partial charge is 0.416 e. The van der Waals surface area contributed by atoms with Gasteiger partial charge in [-0.2, -0.15) is 18.2 Å². The van der Waals surface area contributed by atoms with E-state index in [-0.39, 0.29) is 35.4 Å². The molecule has 1 N–H and O–H groups in total. The summed E-state index contributed by atoms with van der Waals surface area (Å²) in [5.74, 6) is -0.108. The van der Waals surface area contributed by atoms with E-state index >= 15 is 0 Å². The molecule has 0 amide bonds. The number of fused-ring (bicyclic) bond motifs is 1. The second kappa shape index (κ2) is 9.89. The molecule has 0 aliphatic heterocycles. The fraction of sp³-hybridized carbons (Fsp3) is 0.160. The molecule has 38 heavy (non-hydrogen) atoms. The largest absolute Gasteiger partial charge is 0.432 e. The van der Waals surface area contributed by atoms with Crippen LogP contribution in [0.5, 0.6) is 0 Å². The summed E-state index contributed by atoms with van der Waals surface area (Å²) in [5.41, 5.74) is 1.35. The zero-order valence-electron chi connectivity index (χ0n) is 19.5. The fourth-order valence-electron chi connectivity index (χ4n) is 3.85. The van der Waals surface area contributed by atoms with Crippen molar-refractivity contribution in [3.8, 4) is 22.6 Å². The van der Waals surface area contributed by atoms with E-state index in [4.69, 9.17) is 4.42 Å². The van der Waals surface area contributed by atoms with Gasteiger partial charge in [0.25, 0.3) is 0 Å². The van der Waals surface area contributed by atoms with Crippen LogP contribution in [0.2, 0.25) is 0 Å². The first-order valence-electron chi connectivity index (χ1n) is 11.3. The van der Waals surface area contributed by atoms with Crippen molar-refractivity contribution < 1.29 is 30.4 Å². The highest BCUT2D eigenvalue weighted by molar-refractivity contribution is 7.91. The van der Waals surface area contributed by atoms with Crippen LogP contribution in [0.15, 0.2) is 82.6 Å². The summed E-state index contributed by atoms with van der Waals surface area (Å²) < 4.78 is 83.8. The third-order valence-electron chi connectivity index (χ3n) is 5.69. The molecule has 5 rings (SSSR count). The van der Waals surface area contributed by atoms with Gasteiger partial charge in [-0.25, -0.2) is 22.8 Å². The predicted octanol–water partition coefficient (Wildman–Crippen LogP) is 5.49. The molecule has 0 aliphatic rings. The summed E-state index contributed by atoms with van der Waals surface area (Å²) >= 11 is 0. The molecule has 5 aromatic rings. The maximum absolute atomic E-state index is 13.4. The molecule has 0 bridgehead atoms. The van der Waals surface area contributed by atoms with Crippen molar-refractivity contribution >= 4 is 21.6 Å². The van der Waals surface area contributed by atoms with Crippen molar-refractivity contribution in [3.05, 3.63) is 84.6 Å². The van der Waals surface area contributed by atoms with Gasteiger partial charge in [0.05, 0.1) is 21.9 Å². The third kappa shape index (κ3) is 5.23. The highest BCUT2D eigenvalue weighted by Crippen LogP contribution is 2.33. The van der Waals surface area contributed by atoms with Crippen LogP contribution in [-0.4, -0.2) is 40.1 Å². The Kier molecular flexibility index (Phi) is 6.61. The van der Waals surface area contributed by atoms with Crippen molar-refractivity contribution in [1.82, 2.24) is 19.4 Å².